The van der Waals surface area contributed by atoms with Crippen LogP contribution in [0.25, 0.3) is 0 Å². The molecule has 0 aliphatic carbocycles. The van der Waals surface area contributed by atoms with Crippen molar-refractivity contribution in [3.63, 3.8) is 0 Å². The number of thioether (sulfide) groups is 1. The third-order valence-electron chi connectivity index (χ3n) is 3.27. The van der Waals surface area contributed by atoms with Gasteiger partial charge in [-0.05, 0) is 18.2 Å². The highest BCUT2D eigenvalue weighted by Gasteiger charge is 2.24. The van der Waals surface area contributed by atoms with Gasteiger partial charge in [-0.25, -0.2) is 0 Å². The van der Waals surface area contributed by atoms with Crippen LogP contribution in [-0.4, -0.2) is 47.4 Å². The molecule has 114 valence electrons. The quantitative estimate of drug-likeness (QED) is 0.681. The number of benzene rings is 1. The number of carbonyl (C=O) groups is 1. The van der Waals surface area contributed by atoms with Gasteiger partial charge in [-0.2, -0.15) is 11.8 Å². The van der Waals surface area contributed by atoms with Crippen LogP contribution in [0.3, 0.4) is 0 Å². The van der Waals surface area contributed by atoms with Gasteiger partial charge in [-0.15, -0.1) is 0 Å². The van der Waals surface area contributed by atoms with Crippen molar-refractivity contribution in [1.82, 2.24) is 4.90 Å². The van der Waals surface area contributed by atoms with Crippen molar-refractivity contribution < 1.29 is 9.72 Å². The van der Waals surface area contributed by atoms with Crippen LogP contribution < -0.4 is 5.32 Å². The number of amides is 1. The SMILES string of the molecule is CNc1c(Cl)cc(C(=O)N2CCCSCC2)cc1[N+](=O)[O-]. The molecule has 1 aromatic rings. The third kappa shape index (κ3) is 3.59. The molecule has 2 rings (SSSR count). The first-order valence-electron chi connectivity index (χ1n) is 6.57. The highest BCUT2D eigenvalue weighted by molar-refractivity contribution is 7.99. The maximum Gasteiger partial charge on any atom is 0.294 e. The molecular formula is C13H16ClN3O3S. The molecule has 0 radical (unpaired) electrons. The number of halogens is 1. The topological polar surface area (TPSA) is 75.5 Å². The summed E-state index contributed by atoms with van der Waals surface area (Å²) in [6.07, 6.45) is 0.931. The first-order valence-corrected chi connectivity index (χ1v) is 8.10. The number of nitrogens with zero attached hydrogens (tertiary/aromatic N) is 2. The minimum Gasteiger partial charge on any atom is -0.381 e. The lowest BCUT2D eigenvalue weighted by atomic mass is 10.1. The van der Waals surface area contributed by atoms with E-state index in [1.165, 1.54) is 12.1 Å². The predicted octanol–water partition coefficient (Wildman–Crippen LogP) is 2.87. The fraction of sp³-hybridized carbons (Fsp3) is 0.462. The molecule has 8 heteroatoms. The van der Waals surface area contributed by atoms with Gasteiger partial charge < -0.3 is 10.2 Å². The summed E-state index contributed by atoms with van der Waals surface area (Å²) >= 11 is 7.86. The Kier molecular flexibility index (Phi) is 5.30. The Morgan fingerprint density at radius 3 is 2.86 bits per heavy atom. The van der Waals surface area contributed by atoms with Crippen molar-refractivity contribution in [1.29, 1.82) is 0 Å². The Morgan fingerprint density at radius 2 is 2.19 bits per heavy atom. The maximum atomic E-state index is 12.5. The Hall–Kier alpha value is -1.47. The Morgan fingerprint density at radius 1 is 1.43 bits per heavy atom. The summed E-state index contributed by atoms with van der Waals surface area (Å²) in [5.74, 6) is 1.71. The van der Waals surface area contributed by atoms with Gasteiger partial charge in [0.25, 0.3) is 11.6 Å². The average molecular weight is 330 g/mol. The van der Waals surface area contributed by atoms with Crippen molar-refractivity contribution in [2.24, 2.45) is 0 Å². The molecule has 1 amide bonds. The normalized spacial score (nSPS) is 15.4. The Bertz CT molecular complexity index is 560. The molecule has 0 bridgehead atoms. The second-order valence-corrected chi connectivity index (χ2v) is 6.25. The van der Waals surface area contributed by atoms with Crippen LogP contribution in [0, 0.1) is 10.1 Å². The van der Waals surface area contributed by atoms with E-state index < -0.39 is 4.92 Å². The summed E-state index contributed by atoms with van der Waals surface area (Å²) in [4.78, 5) is 24.8. The molecular weight excluding hydrogens is 314 g/mol. The van der Waals surface area contributed by atoms with E-state index >= 15 is 0 Å². The number of hydrogen-bond acceptors (Lipinski definition) is 5. The molecule has 1 aromatic carbocycles. The smallest absolute Gasteiger partial charge is 0.294 e. The van der Waals surface area contributed by atoms with E-state index in [1.807, 2.05) is 11.8 Å². The largest absolute Gasteiger partial charge is 0.381 e. The summed E-state index contributed by atoms with van der Waals surface area (Å²) in [6, 6.07) is 2.78. The number of rotatable bonds is 3. The molecule has 1 heterocycles. The Labute approximate surface area is 132 Å². The minimum absolute atomic E-state index is 0.180. The third-order valence-corrected chi connectivity index (χ3v) is 4.62. The first-order chi connectivity index (χ1) is 10.0. The molecule has 1 saturated heterocycles. The van der Waals surface area contributed by atoms with E-state index in [4.69, 9.17) is 11.6 Å². The molecule has 1 aliphatic heterocycles. The molecule has 0 saturated carbocycles. The van der Waals surface area contributed by atoms with Gasteiger partial charge in [-0.3, -0.25) is 14.9 Å². The highest BCUT2D eigenvalue weighted by atomic mass is 35.5. The van der Waals surface area contributed by atoms with Gasteiger partial charge in [0, 0.05) is 37.5 Å². The number of nitrogens with one attached hydrogen (secondary N) is 1. The summed E-state index contributed by atoms with van der Waals surface area (Å²) in [7, 11) is 1.56. The summed E-state index contributed by atoms with van der Waals surface area (Å²) in [6.45, 7) is 1.33. The monoisotopic (exact) mass is 329 g/mol. The molecule has 0 unspecified atom stereocenters. The van der Waals surface area contributed by atoms with Crippen molar-refractivity contribution >= 4 is 40.6 Å². The maximum absolute atomic E-state index is 12.5. The van der Waals surface area contributed by atoms with E-state index in [-0.39, 0.29) is 27.9 Å². The fourth-order valence-electron chi connectivity index (χ4n) is 2.24. The summed E-state index contributed by atoms with van der Waals surface area (Å²) < 4.78 is 0. The van der Waals surface area contributed by atoms with Crippen LogP contribution in [0.2, 0.25) is 5.02 Å². The van der Waals surface area contributed by atoms with Crippen molar-refractivity contribution in [2.45, 2.75) is 6.42 Å². The lowest BCUT2D eigenvalue weighted by molar-refractivity contribution is -0.384. The van der Waals surface area contributed by atoms with E-state index in [1.54, 1.807) is 11.9 Å². The van der Waals surface area contributed by atoms with E-state index in [2.05, 4.69) is 5.32 Å². The molecule has 1 aliphatic rings. The first kappa shape index (κ1) is 15.9. The van der Waals surface area contributed by atoms with Crippen molar-refractivity contribution in [2.75, 3.05) is 37.0 Å². The van der Waals surface area contributed by atoms with Gasteiger partial charge in [0.1, 0.15) is 5.69 Å². The number of nitro groups is 1. The van der Waals surface area contributed by atoms with Crippen molar-refractivity contribution in [3.05, 3.63) is 32.8 Å². The van der Waals surface area contributed by atoms with Gasteiger partial charge in [0.05, 0.1) is 9.95 Å². The van der Waals surface area contributed by atoms with E-state index in [9.17, 15) is 14.9 Å². The van der Waals surface area contributed by atoms with Crippen LogP contribution >= 0.6 is 23.4 Å². The van der Waals surface area contributed by atoms with Crippen LogP contribution in [0.1, 0.15) is 16.8 Å². The fourth-order valence-corrected chi connectivity index (χ4v) is 3.43. The molecule has 21 heavy (non-hydrogen) atoms. The van der Waals surface area contributed by atoms with E-state index in [0.717, 1.165) is 17.9 Å². The van der Waals surface area contributed by atoms with Gasteiger partial charge >= 0.3 is 0 Å². The average Bonchev–Trinajstić information content (AvgIpc) is 2.74. The molecule has 0 spiro atoms. The molecule has 0 atom stereocenters. The second-order valence-electron chi connectivity index (χ2n) is 4.62. The summed E-state index contributed by atoms with van der Waals surface area (Å²) in [5.41, 5.74) is 0.305. The van der Waals surface area contributed by atoms with Gasteiger partial charge in [-0.1, -0.05) is 11.6 Å². The van der Waals surface area contributed by atoms with Crippen LogP contribution in [0.4, 0.5) is 11.4 Å². The number of nitro benzene ring substituents is 1. The predicted molar refractivity (Wildman–Crippen MR) is 85.5 cm³/mol. The standard InChI is InChI=1S/C13H16ClN3O3S/c1-15-12-10(14)7-9(8-11(12)17(19)20)13(18)16-3-2-5-21-6-4-16/h7-8,15H,2-6H2,1H3. The number of anilines is 1. The second kappa shape index (κ2) is 7.00. The lowest BCUT2D eigenvalue weighted by Crippen LogP contribution is -2.33. The van der Waals surface area contributed by atoms with Crippen LogP contribution in [0.5, 0.6) is 0 Å². The van der Waals surface area contributed by atoms with E-state index in [0.29, 0.717) is 13.1 Å². The van der Waals surface area contributed by atoms with Gasteiger partial charge in [0.15, 0.2) is 0 Å². The van der Waals surface area contributed by atoms with Gasteiger partial charge in [0.2, 0.25) is 0 Å². The zero-order valence-electron chi connectivity index (χ0n) is 11.6. The minimum atomic E-state index is -0.535. The zero-order valence-corrected chi connectivity index (χ0v) is 13.2. The molecule has 6 nitrogen and oxygen atoms in total. The number of hydrogen-bond donors (Lipinski definition) is 1. The van der Waals surface area contributed by atoms with Crippen LogP contribution in [-0.2, 0) is 0 Å². The molecule has 1 fully saturated rings. The van der Waals surface area contributed by atoms with Crippen molar-refractivity contribution in [3.8, 4) is 0 Å². The highest BCUT2D eigenvalue weighted by Crippen LogP contribution is 2.33. The molecule has 1 N–H and O–H groups in total. The lowest BCUT2D eigenvalue weighted by Gasteiger charge is -2.20. The molecule has 0 aromatic heterocycles. The Balaban J connectivity index is 2.34. The summed E-state index contributed by atoms with van der Waals surface area (Å²) in [5, 5.41) is 14.0. The van der Waals surface area contributed by atoms with Crippen LogP contribution in [0.15, 0.2) is 12.1 Å². The zero-order chi connectivity index (χ0) is 15.4. The number of carbonyl (C=O) groups excluding carboxylic acids is 1.